The zero-order valence-corrected chi connectivity index (χ0v) is 11.6. The number of hydrogen-bond donors (Lipinski definition) is 2. The normalized spacial score (nSPS) is 21.6. The maximum Gasteiger partial charge on any atom is 0.00796 e. The van der Waals surface area contributed by atoms with Crippen LogP contribution in [0.3, 0.4) is 0 Å². The van der Waals surface area contributed by atoms with Gasteiger partial charge in [0.05, 0.1) is 0 Å². The molecular formula is C14H30N2. The highest BCUT2D eigenvalue weighted by Gasteiger charge is 2.17. The van der Waals surface area contributed by atoms with Crippen molar-refractivity contribution in [2.45, 2.75) is 53.0 Å². The quantitative estimate of drug-likeness (QED) is 0.652. The van der Waals surface area contributed by atoms with Gasteiger partial charge in [-0.15, -0.1) is 0 Å². The van der Waals surface area contributed by atoms with Crippen LogP contribution in [0.4, 0.5) is 0 Å². The lowest BCUT2D eigenvalue weighted by molar-refractivity contribution is 0.274. The highest BCUT2D eigenvalue weighted by atomic mass is 14.9. The molecule has 16 heavy (non-hydrogen) atoms. The van der Waals surface area contributed by atoms with Gasteiger partial charge in [-0.3, -0.25) is 0 Å². The van der Waals surface area contributed by atoms with Crippen molar-refractivity contribution in [3.05, 3.63) is 0 Å². The van der Waals surface area contributed by atoms with Crippen molar-refractivity contribution in [1.29, 1.82) is 0 Å². The topological polar surface area (TPSA) is 24.1 Å². The summed E-state index contributed by atoms with van der Waals surface area (Å²) in [6.07, 6.45) is 4.04. The van der Waals surface area contributed by atoms with Crippen molar-refractivity contribution in [2.24, 2.45) is 17.8 Å². The Hall–Kier alpha value is -0.0800. The van der Waals surface area contributed by atoms with E-state index in [0.29, 0.717) is 0 Å². The minimum absolute atomic E-state index is 0.782. The molecule has 0 spiro atoms. The second-order valence-electron chi connectivity index (χ2n) is 5.94. The molecule has 0 aromatic heterocycles. The molecule has 2 N–H and O–H groups in total. The Morgan fingerprint density at radius 3 is 2.38 bits per heavy atom. The van der Waals surface area contributed by atoms with Crippen LogP contribution in [0, 0.1) is 17.8 Å². The van der Waals surface area contributed by atoms with Crippen LogP contribution in [-0.4, -0.2) is 25.7 Å². The first-order chi connectivity index (χ1) is 7.61. The molecule has 0 amide bonds. The van der Waals surface area contributed by atoms with Crippen LogP contribution < -0.4 is 10.6 Å². The summed E-state index contributed by atoms with van der Waals surface area (Å²) in [5.41, 5.74) is 0. The first kappa shape index (κ1) is 14.0. The van der Waals surface area contributed by atoms with Gasteiger partial charge in [-0.25, -0.2) is 0 Å². The Morgan fingerprint density at radius 1 is 1.19 bits per heavy atom. The fraction of sp³-hybridized carbons (Fsp3) is 1.00. The van der Waals surface area contributed by atoms with Crippen LogP contribution in [0.15, 0.2) is 0 Å². The van der Waals surface area contributed by atoms with Gasteiger partial charge in [-0.1, -0.05) is 27.7 Å². The van der Waals surface area contributed by atoms with Gasteiger partial charge in [0.2, 0.25) is 0 Å². The van der Waals surface area contributed by atoms with E-state index < -0.39 is 0 Å². The van der Waals surface area contributed by atoms with Crippen molar-refractivity contribution in [2.75, 3.05) is 19.6 Å². The molecule has 1 saturated heterocycles. The van der Waals surface area contributed by atoms with Crippen LogP contribution in [0.2, 0.25) is 0 Å². The van der Waals surface area contributed by atoms with Gasteiger partial charge in [0.1, 0.15) is 0 Å². The zero-order chi connectivity index (χ0) is 12.0. The lowest BCUT2D eigenvalue weighted by Gasteiger charge is -2.25. The lowest BCUT2D eigenvalue weighted by Crippen LogP contribution is -2.33. The van der Waals surface area contributed by atoms with Crippen LogP contribution in [0.25, 0.3) is 0 Å². The molecular weight excluding hydrogens is 196 g/mol. The number of nitrogens with one attached hydrogen (secondary N) is 2. The highest BCUT2D eigenvalue weighted by Crippen LogP contribution is 2.19. The molecule has 1 atom stereocenters. The van der Waals surface area contributed by atoms with Gasteiger partial charge in [-0.05, 0) is 56.7 Å². The molecule has 1 aliphatic rings. The number of rotatable bonds is 7. The third-order valence-electron chi connectivity index (χ3n) is 3.92. The van der Waals surface area contributed by atoms with E-state index >= 15 is 0 Å². The summed E-state index contributed by atoms with van der Waals surface area (Å²) in [6.45, 7) is 12.9. The maximum atomic E-state index is 3.64. The van der Waals surface area contributed by atoms with Gasteiger partial charge >= 0.3 is 0 Å². The Balaban J connectivity index is 2.08. The van der Waals surface area contributed by atoms with E-state index in [0.717, 1.165) is 23.8 Å². The Labute approximate surface area is 102 Å². The minimum Gasteiger partial charge on any atom is -0.316 e. The molecule has 1 heterocycles. The Bertz CT molecular complexity index is 164. The molecule has 0 aromatic rings. The average Bonchev–Trinajstić information content (AvgIpc) is 2.68. The fourth-order valence-electron chi connectivity index (χ4n) is 2.79. The van der Waals surface area contributed by atoms with Gasteiger partial charge < -0.3 is 10.6 Å². The van der Waals surface area contributed by atoms with E-state index in [-0.39, 0.29) is 0 Å². The molecule has 1 fully saturated rings. The van der Waals surface area contributed by atoms with E-state index in [1.54, 1.807) is 0 Å². The van der Waals surface area contributed by atoms with Gasteiger partial charge in [0, 0.05) is 6.04 Å². The van der Waals surface area contributed by atoms with Crippen LogP contribution >= 0.6 is 0 Å². The molecule has 0 bridgehead atoms. The molecule has 1 rings (SSSR count). The van der Waals surface area contributed by atoms with Gasteiger partial charge in [0.25, 0.3) is 0 Å². The van der Waals surface area contributed by atoms with E-state index in [1.165, 1.54) is 38.9 Å². The number of hydrogen-bond acceptors (Lipinski definition) is 2. The van der Waals surface area contributed by atoms with Crippen LogP contribution in [0.1, 0.15) is 47.0 Å². The SMILES string of the molecule is CC(C)C(CNCCC1CCCN1)C(C)C. The molecule has 1 unspecified atom stereocenters. The van der Waals surface area contributed by atoms with Crippen molar-refractivity contribution in [3.63, 3.8) is 0 Å². The van der Waals surface area contributed by atoms with Crippen molar-refractivity contribution < 1.29 is 0 Å². The van der Waals surface area contributed by atoms with Crippen molar-refractivity contribution >= 4 is 0 Å². The Morgan fingerprint density at radius 2 is 1.88 bits per heavy atom. The standard InChI is InChI=1S/C14H30N2/c1-11(2)14(12(3)4)10-15-9-7-13-6-5-8-16-13/h11-16H,5-10H2,1-4H3. The van der Waals surface area contributed by atoms with Crippen molar-refractivity contribution in [1.82, 2.24) is 10.6 Å². The summed E-state index contributed by atoms with van der Waals surface area (Å²) >= 11 is 0. The maximum absolute atomic E-state index is 3.64. The summed E-state index contributed by atoms with van der Waals surface area (Å²) in [4.78, 5) is 0. The molecule has 96 valence electrons. The van der Waals surface area contributed by atoms with E-state index in [2.05, 4.69) is 38.3 Å². The monoisotopic (exact) mass is 226 g/mol. The van der Waals surface area contributed by atoms with Crippen LogP contribution in [-0.2, 0) is 0 Å². The summed E-state index contributed by atoms with van der Waals surface area (Å²) in [6, 6.07) is 0.782. The smallest absolute Gasteiger partial charge is 0.00796 e. The van der Waals surface area contributed by atoms with Crippen molar-refractivity contribution in [3.8, 4) is 0 Å². The van der Waals surface area contributed by atoms with E-state index in [4.69, 9.17) is 0 Å². The first-order valence-electron chi connectivity index (χ1n) is 7.05. The van der Waals surface area contributed by atoms with Gasteiger partial charge in [0.15, 0.2) is 0 Å². The zero-order valence-electron chi connectivity index (χ0n) is 11.6. The van der Waals surface area contributed by atoms with E-state index in [9.17, 15) is 0 Å². The summed E-state index contributed by atoms with van der Waals surface area (Å²) in [7, 11) is 0. The third-order valence-corrected chi connectivity index (χ3v) is 3.92. The predicted octanol–water partition coefficient (Wildman–Crippen LogP) is 2.65. The van der Waals surface area contributed by atoms with Crippen LogP contribution in [0.5, 0.6) is 0 Å². The average molecular weight is 226 g/mol. The molecule has 0 aliphatic carbocycles. The largest absolute Gasteiger partial charge is 0.316 e. The molecule has 2 nitrogen and oxygen atoms in total. The Kier molecular flexibility index (Phi) is 6.37. The van der Waals surface area contributed by atoms with Gasteiger partial charge in [-0.2, -0.15) is 0 Å². The molecule has 0 saturated carbocycles. The summed E-state index contributed by atoms with van der Waals surface area (Å²) in [5.74, 6) is 2.39. The molecule has 2 heteroatoms. The molecule has 1 aliphatic heterocycles. The second kappa shape index (κ2) is 7.29. The fourth-order valence-corrected chi connectivity index (χ4v) is 2.79. The first-order valence-corrected chi connectivity index (χ1v) is 7.05. The second-order valence-corrected chi connectivity index (χ2v) is 5.94. The molecule has 0 radical (unpaired) electrons. The lowest BCUT2D eigenvalue weighted by atomic mass is 9.85. The molecule has 0 aromatic carbocycles. The predicted molar refractivity (Wildman–Crippen MR) is 71.7 cm³/mol. The van der Waals surface area contributed by atoms with E-state index in [1.807, 2.05) is 0 Å². The summed E-state index contributed by atoms with van der Waals surface area (Å²) in [5, 5.41) is 7.19. The summed E-state index contributed by atoms with van der Waals surface area (Å²) < 4.78 is 0. The minimum atomic E-state index is 0.782. The highest BCUT2D eigenvalue weighted by molar-refractivity contribution is 4.75. The third kappa shape index (κ3) is 4.84.